The van der Waals surface area contributed by atoms with E-state index in [1.165, 1.54) is 11.8 Å². The van der Waals surface area contributed by atoms with E-state index in [2.05, 4.69) is 9.97 Å². The number of rotatable bonds is 3. The summed E-state index contributed by atoms with van der Waals surface area (Å²) in [5, 5.41) is 9.65. The number of nitrogens with one attached hydrogen (secondary N) is 1. The molecule has 0 fully saturated rings. The monoisotopic (exact) mass is 236 g/mol. The molecule has 84 valence electrons. The summed E-state index contributed by atoms with van der Waals surface area (Å²) in [6, 6.07) is 7.63. The zero-order chi connectivity index (χ0) is 11.8. The number of thioether (sulfide) groups is 1. The molecule has 0 aliphatic rings. The molecule has 0 radical (unpaired) electrons. The van der Waals surface area contributed by atoms with Crippen LogP contribution in [0.4, 0.5) is 0 Å². The van der Waals surface area contributed by atoms with Gasteiger partial charge in [-0.1, -0.05) is 23.9 Å². The highest BCUT2D eigenvalue weighted by atomic mass is 32.2. The number of hydrogen-bond donors (Lipinski definition) is 2. The Morgan fingerprint density at radius 2 is 2.12 bits per heavy atom. The lowest BCUT2D eigenvalue weighted by atomic mass is 10.2. The van der Waals surface area contributed by atoms with Crippen molar-refractivity contribution in [3.05, 3.63) is 24.3 Å². The van der Waals surface area contributed by atoms with Crippen LogP contribution in [0.1, 0.15) is 13.8 Å². The summed E-state index contributed by atoms with van der Waals surface area (Å²) < 4.78 is -0.881. The van der Waals surface area contributed by atoms with Gasteiger partial charge in [-0.15, -0.1) is 0 Å². The van der Waals surface area contributed by atoms with E-state index >= 15 is 0 Å². The van der Waals surface area contributed by atoms with Crippen LogP contribution in [0.15, 0.2) is 29.4 Å². The average Bonchev–Trinajstić information content (AvgIpc) is 2.58. The van der Waals surface area contributed by atoms with Gasteiger partial charge in [-0.25, -0.2) is 4.98 Å². The summed E-state index contributed by atoms with van der Waals surface area (Å²) >= 11 is 1.21. The minimum absolute atomic E-state index is 0.633. The predicted octanol–water partition coefficient (Wildman–Crippen LogP) is 2.52. The number of aliphatic carboxylic acids is 1. The number of carbonyl (C=O) groups is 1. The van der Waals surface area contributed by atoms with Gasteiger partial charge in [-0.2, -0.15) is 0 Å². The summed E-state index contributed by atoms with van der Waals surface area (Å²) in [6.45, 7) is 3.32. The fraction of sp³-hybridized carbons (Fsp3) is 0.273. The van der Waals surface area contributed by atoms with Gasteiger partial charge >= 0.3 is 5.97 Å². The molecule has 5 heteroatoms. The molecule has 0 spiro atoms. The normalized spacial score (nSPS) is 11.9. The zero-order valence-corrected chi connectivity index (χ0v) is 9.84. The number of carboxylic acid groups (broad SMARTS) is 1. The third kappa shape index (κ3) is 2.04. The predicted molar refractivity (Wildman–Crippen MR) is 63.7 cm³/mol. The molecule has 16 heavy (non-hydrogen) atoms. The molecule has 2 rings (SSSR count). The first kappa shape index (κ1) is 11.0. The van der Waals surface area contributed by atoms with E-state index in [4.69, 9.17) is 5.11 Å². The number of nitrogens with zero attached hydrogens (tertiary/aromatic N) is 1. The Bertz CT molecular complexity index is 501. The summed E-state index contributed by atoms with van der Waals surface area (Å²) in [5.41, 5.74) is 1.78. The molecule has 0 saturated carbocycles. The van der Waals surface area contributed by atoms with E-state index in [-0.39, 0.29) is 0 Å². The second-order valence-electron chi connectivity index (χ2n) is 3.98. The van der Waals surface area contributed by atoms with E-state index in [9.17, 15) is 4.79 Å². The lowest BCUT2D eigenvalue weighted by Gasteiger charge is -2.15. The topological polar surface area (TPSA) is 66.0 Å². The fourth-order valence-corrected chi connectivity index (χ4v) is 2.14. The molecule has 2 aromatic rings. The average molecular weight is 236 g/mol. The van der Waals surface area contributed by atoms with Gasteiger partial charge in [0.2, 0.25) is 0 Å². The maximum atomic E-state index is 11.0. The van der Waals surface area contributed by atoms with Crippen molar-refractivity contribution in [1.82, 2.24) is 9.97 Å². The molecule has 0 aliphatic carbocycles. The zero-order valence-electron chi connectivity index (χ0n) is 9.02. The van der Waals surface area contributed by atoms with E-state index < -0.39 is 10.7 Å². The van der Waals surface area contributed by atoms with Crippen LogP contribution in [0.2, 0.25) is 0 Å². The van der Waals surface area contributed by atoms with Crippen LogP contribution in [0.25, 0.3) is 11.0 Å². The van der Waals surface area contributed by atoms with E-state index in [0.29, 0.717) is 5.16 Å². The minimum Gasteiger partial charge on any atom is -0.480 e. The first-order valence-electron chi connectivity index (χ1n) is 4.86. The maximum absolute atomic E-state index is 11.0. The van der Waals surface area contributed by atoms with Gasteiger partial charge in [-0.05, 0) is 26.0 Å². The lowest BCUT2D eigenvalue weighted by molar-refractivity contribution is -0.138. The largest absolute Gasteiger partial charge is 0.480 e. The Kier molecular flexibility index (Phi) is 2.63. The molecule has 0 saturated heterocycles. The quantitative estimate of drug-likeness (QED) is 0.804. The van der Waals surface area contributed by atoms with Crippen LogP contribution < -0.4 is 0 Å². The second kappa shape index (κ2) is 3.83. The highest BCUT2D eigenvalue weighted by Gasteiger charge is 2.29. The molecular formula is C11H12N2O2S. The van der Waals surface area contributed by atoms with Crippen LogP contribution >= 0.6 is 11.8 Å². The van der Waals surface area contributed by atoms with Crippen LogP contribution in [-0.2, 0) is 4.79 Å². The third-order valence-corrected chi connectivity index (χ3v) is 3.31. The van der Waals surface area contributed by atoms with Crippen molar-refractivity contribution in [3.8, 4) is 0 Å². The van der Waals surface area contributed by atoms with Gasteiger partial charge < -0.3 is 10.1 Å². The molecule has 2 N–H and O–H groups in total. The summed E-state index contributed by atoms with van der Waals surface area (Å²) in [6.07, 6.45) is 0. The Labute approximate surface area is 97.1 Å². The molecule has 0 atom stereocenters. The molecule has 1 heterocycles. The van der Waals surface area contributed by atoms with E-state index in [1.807, 2.05) is 24.3 Å². The molecule has 1 aromatic heterocycles. The van der Waals surface area contributed by atoms with Gasteiger partial charge in [0.25, 0.3) is 0 Å². The third-order valence-electron chi connectivity index (χ3n) is 2.23. The number of aromatic amines is 1. The van der Waals surface area contributed by atoms with Crippen molar-refractivity contribution in [3.63, 3.8) is 0 Å². The van der Waals surface area contributed by atoms with Crippen molar-refractivity contribution in [2.24, 2.45) is 0 Å². The van der Waals surface area contributed by atoms with Crippen LogP contribution in [0.5, 0.6) is 0 Å². The number of H-pyrrole nitrogens is 1. The van der Waals surface area contributed by atoms with Gasteiger partial charge in [-0.3, -0.25) is 4.79 Å². The highest BCUT2D eigenvalue weighted by molar-refractivity contribution is 8.01. The summed E-state index contributed by atoms with van der Waals surface area (Å²) in [4.78, 5) is 18.4. The molecule has 1 aromatic carbocycles. The van der Waals surface area contributed by atoms with Crippen LogP contribution in [-0.4, -0.2) is 25.8 Å². The Morgan fingerprint density at radius 1 is 1.44 bits per heavy atom. The van der Waals surface area contributed by atoms with Crippen molar-refractivity contribution in [2.75, 3.05) is 0 Å². The lowest BCUT2D eigenvalue weighted by Crippen LogP contribution is -2.27. The second-order valence-corrected chi connectivity index (χ2v) is 5.59. The first-order valence-corrected chi connectivity index (χ1v) is 5.68. The smallest absolute Gasteiger partial charge is 0.319 e. The summed E-state index contributed by atoms with van der Waals surface area (Å²) in [7, 11) is 0. The Morgan fingerprint density at radius 3 is 2.75 bits per heavy atom. The molecule has 4 nitrogen and oxygen atoms in total. The number of imidazole rings is 1. The molecule has 0 aliphatic heterocycles. The van der Waals surface area contributed by atoms with Crippen molar-refractivity contribution < 1.29 is 9.90 Å². The maximum Gasteiger partial charge on any atom is 0.319 e. The SMILES string of the molecule is CC(C)(Sc1nc2ccccc2[nH]1)C(=O)O. The standard InChI is InChI=1S/C11H12N2O2S/c1-11(2,9(14)15)16-10-12-7-5-3-4-6-8(7)13-10/h3-6H,1-2H3,(H,12,13)(H,14,15). The van der Waals surface area contributed by atoms with Crippen LogP contribution in [0.3, 0.4) is 0 Å². The number of carboxylic acids is 1. The Hall–Kier alpha value is -1.49. The highest BCUT2D eigenvalue weighted by Crippen LogP contribution is 2.31. The van der Waals surface area contributed by atoms with Gasteiger partial charge in [0.05, 0.1) is 11.0 Å². The number of benzene rings is 1. The molecule has 0 unspecified atom stereocenters. The molecular weight excluding hydrogens is 224 g/mol. The van der Waals surface area contributed by atoms with Gasteiger partial charge in [0.1, 0.15) is 4.75 Å². The first-order chi connectivity index (χ1) is 7.49. The van der Waals surface area contributed by atoms with Gasteiger partial charge in [0, 0.05) is 0 Å². The number of fused-ring (bicyclic) bond motifs is 1. The van der Waals surface area contributed by atoms with E-state index in [1.54, 1.807) is 13.8 Å². The summed E-state index contributed by atoms with van der Waals surface area (Å²) in [5.74, 6) is -0.849. The molecule has 0 amide bonds. The fourth-order valence-electron chi connectivity index (χ4n) is 1.26. The molecule has 0 bridgehead atoms. The Balaban J connectivity index is 2.32. The van der Waals surface area contributed by atoms with Crippen molar-refractivity contribution >= 4 is 28.8 Å². The number of hydrogen-bond acceptors (Lipinski definition) is 3. The van der Waals surface area contributed by atoms with E-state index in [0.717, 1.165) is 11.0 Å². The van der Waals surface area contributed by atoms with Crippen molar-refractivity contribution in [1.29, 1.82) is 0 Å². The van der Waals surface area contributed by atoms with Gasteiger partial charge in [0.15, 0.2) is 5.16 Å². The minimum atomic E-state index is -0.881. The van der Waals surface area contributed by atoms with Crippen molar-refractivity contribution in [2.45, 2.75) is 23.8 Å². The number of aromatic nitrogens is 2. The van der Waals surface area contributed by atoms with Crippen LogP contribution in [0, 0.1) is 0 Å². The number of para-hydroxylation sites is 2.